The number of nitrogens with zero attached hydrogens (tertiary/aromatic N) is 2. The normalized spacial score (nSPS) is 12.1. The second-order valence-corrected chi connectivity index (χ2v) is 5.69. The standard InChI is InChI=1S/C9H18N4O4S/c1-13-8(10)7(18(4,14)15)9(12-13)11-5-6(16-2)17-3/h6H,5,10H2,1-4H3,(H,11,12). The quantitative estimate of drug-likeness (QED) is 0.671. The van der Waals surface area contributed by atoms with Crippen LogP contribution in [0.15, 0.2) is 4.90 Å². The van der Waals surface area contributed by atoms with Crippen molar-refractivity contribution in [1.29, 1.82) is 0 Å². The number of ether oxygens (including phenoxy) is 2. The largest absolute Gasteiger partial charge is 0.383 e. The molecule has 0 spiro atoms. The molecule has 0 aliphatic heterocycles. The Hall–Kier alpha value is -1.32. The topological polar surface area (TPSA) is 108 Å². The van der Waals surface area contributed by atoms with E-state index in [4.69, 9.17) is 15.2 Å². The van der Waals surface area contributed by atoms with Crippen molar-refractivity contribution in [3.63, 3.8) is 0 Å². The van der Waals surface area contributed by atoms with Crippen LogP contribution in [0.25, 0.3) is 0 Å². The Balaban J connectivity index is 3.00. The summed E-state index contributed by atoms with van der Waals surface area (Å²) in [6.45, 7) is 0.256. The van der Waals surface area contributed by atoms with Crippen LogP contribution in [-0.4, -0.2) is 51.5 Å². The summed E-state index contributed by atoms with van der Waals surface area (Å²) >= 11 is 0. The number of rotatable bonds is 6. The van der Waals surface area contributed by atoms with Gasteiger partial charge in [0, 0.05) is 27.5 Å². The minimum atomic E-state index is -3.46. The average Bonchev–Trinajstić information content (AvgIpc) is 2.55. The molecule has 0 aliphatic rings. The van der Waals surface area contributed by atoms with Gasteiger partial charge in [0.1, 0.15) is 5.82 Å². The van der Waals surface area contributed by atoms with Crippen LogP contribution >= 0.6 is 0 Å². The van der Waals surface area contributed by atoms with Gasteiger partial charge in [0.05, 0.1) is 6.54 Å². The Bertz CT molecular complexity index is 507. The molecule has 3 N–H and O–H groups in total. The fourth-order valence-corrected chi connectivity index (χ4v) is 2.42. The molecule has 9 heteroatoms. The Morgan fingerprint density at radius 3 is 2.44 bits per heavy atom. The van der Waals surface area contributed by atoms with Crippen molar-refractivity contribution in [2.75, 3.05) is 38.1 Å². The van der Waals surface area contributed by atoms with Crippen LogP contribution in [0.5, 0.6) is 0 Å². The van der Waals surface area contributed by atoms with Gasteiger partial charge in [-0.2, -0.15) is 5.10 Å². The number of nitrogen functional groups attached to an aromatic ring is 1. The fraction of sp³-hybridized carbons (Fsp3) is 0.667. The van der Waals surface area contributed by atoms with Crippen LogP contribution < -0.4 is 11.1 Å². The zero-order valence-corrected chi connectivity index (χ0v) is 11.6. The summed E-state index contributed by atoms with van der Waals surface area (Å²) in [4.78, 5) is -0.0176. The first-order valence-electron chi connectivity index (χ1n) is 5.13. The first kappa shape index (κ1) is 14.7. The number of anilines is 2. The lowest BCUT2D eigenvalue weighted by molar-refractivity contribution is -0.0914. The van der Waals surface area contributed by atoms with Crippen molar-refractivity contribution in [3.05, 3.63) is 0 Å². The van der Waals surface area contributed by atoms with Crippen molar-refractivity contribution < 1.29 is 17.9 Å². The van der Waals surface area contributed by atoms with Crippen molar-refractivity contribution in [1.82, 2.24) is 9.78 Å². The third-order valence-electron chi connectivity index (χ3n) is 2.38. The van der Waals surface area contributed by atoms with E-state index in [1.807, 2.05) is 0 Å². The second-order valence-electron chi connectivity index (χ2n) is 3.74. The molecule has 8 nitrogen and oxygen atoms in total. The zero-order valence-electron chi connectivity index (χ0n) is 10.8. The van der Waals surface area contributed by atoms with E-state index in [2.05, 4.69) is 10.4 Å². The van der Waals surface area contributed by atoms with Gasteiger partial charge in [0.15, 0.2) is 26.8 Å². The third-order valence-corrected chi connectivity index (χ3v) is 3.52. The molecule has 0 aromatic carbocycles. The predicted octanol–water partition coefficient (Wildman–Crippen LogP) is -0.563. The fourth-order valence-electron chi connectivity index (χ4n) is 1.44. The molecule has 0 radical (unpaired) electrons. The van der Waals surface area contributed by atoms with Crippen LogP contribution in [0.4, 0.5) is 11.6 Å². The third kappa shape index (κ3) is 3.12. The van der Waals surface area contributed by atoms with Gasteiger partial charge >= 0.3 is 0 Å². The van der Waals surface area contributed by atoms with Gasteiger partial charge in [-0.05, 0) is 0 Å². The highest BCUT2D eigenvalue weighted by Crippen LogP contribution is 2.26. The number of aromatic nitrogens is 2. The van der Waals surface area contributed by atoms with E-state index in [1.165, 1.54) is 18.9 Å². The molecule has 1 rings (SSSR count). The van der Waals surface area contributed by atoms with Gasteiger partial charge in [0.25, 0.3) is 0 Å². The van der Waals surface area contributed by atoms with Gasteiger partial charge in [-0.1, -0.05) is 0 Å². The van der Waals surface area contributed by atoms with E-state index in [9.17, 15) is 8.42 Å². The summed E-state index contributed by atoms with van der Waals surface area (Å²) in [7, 11) is 1.08. The number of nitrogens with two attached hydrogens (primary N) is 1. The molecule has 0 amide bonds. The van der Waals surface area contributed by atoms with Crippen molar-refractivity contribution in [2.45, 2.75) is 11.2 Å². The Morgan fingerprint density at radius 1 is 1.44 bits per heavy atom. The molecular weight excluding hydrogens is 260 g/mol. The summed E-state index contributed by atoms with van der Waals surface area (Å²) in [5.74, 6) is 0.281. The van der Waals surface area contributed by atoms with E-state index in [0.717, 1.165) is 6.26 Å². The number of hydrogen-bond donors (Lipinski definition) is 2. The molecule has 0 fully saturated rings. The van der Waals surface area contributed by atoms with E-state index in [-0.39, 0.29) is 23.1 Å². The van der Waals surface area contributed by atoms with E-state index >= 15 is 0 Å². The van der Waals surface area contributed by atoms with Crippen molar-refractivity contribution in [3.8, 4) is 0 Å². The van der Waals surface area contributed by atoms with Crippen LogP contribution in [0.2, 0.25) is 0 Å². The maximum absolute atomic E-state index is 11.6. The Labute approximate surface area is 106 Å². The molecule has 0 saturated carbocycles. The predicted molar refractivity (Wildman–Crippen MR) is 67.0 cm³/mol. The van der Waals surface area contributed by atoms with Gasteiger partial charge in [0.2, 0.25) is 0 Å². The second kappa shape index (κ2) is 5.55. The van der Waals surface area contributed by atoms with Crippen LogP contribution in [0.3, 0.4) is 0 Å². The van der Waals surface area contributed by atoms with E-state index in [1.54, 1.807) is 7.05 Å². The lowest BCUT2D eigenvalue weighted by Gasteiger charge is -2.14. The highest BCUT2D eigenvalue weighted by molar-refractivity contribution is 7.91. The number of hydrogen-bond acceptors (Lipinski definition) is 7. The molecule has 0 unspecified atom stereocenters. The summed E-state index contributed by atoms with van der Waals surface area (Å²) in [5.41, 5.74) is 5.68. The zero-order chi connectivity index (χ0) is 13.9. The minimum Gasteiger partial charge on any atom is -0.383 e. The molecule has 1 heterocycles. The molecule has 1 aromatic heterocycles. The SMILES string of the molecule is COC(CNc1nn(C)c(N)c1S(C)(=O)=O)OC. The minimum absolute atomic E-state index is 0.0176. The summed E-state index contributed by atoms with van der Waals surface area (Å²) < 4.78 is 34.5. The smallest absolute Gasteiger partial charge is 0.182 e. The maximum atomic E-state index is 11.6. The average molecular weight is 278 g/mol. The Kier molecular flexibility index (Phi) is 4.54. The maximum Gasteiger partial charge on any atom is 0.182 e. The summed E-state index contributed by atoms with van der Waals surface area (Å²) in [5, 5.41) is 6.85. The first-order chi connectivity index (χ1) is 8.31. The van der Waals surface area contributed by atoms with Gasteiger partial charge in [-0.15, -0.1) is 0 Å². The van der Waals surface area contributed by atoms with Gasteiger partial charge in [-0.3, -0.25) is 0 Å². The Morgan fingerprint density at radius 2 is 2.00 bits per heavy atom. The van der Waals surface area contributed by atoms with Gasteiger partial charge < -0.3 is 20.5 Å². The summed E-state index contributed by atoms with van der Waals surface area (Å²) in [6.07, 6.45) is 0.580. The molecule has 0 atom stereocenters. The van der Waals surface area contributed by atoms with Crippen molar-refractivity contribution in [2.24, 2.45) is 7.05 Å². The molecule has 18 heavy (non-hydrogen) atoms. The molecule has 104 valence electrons. The van der Waals surface area contributed by atoms with E-state index < -0.39 is 16.1 Å². The van der Waals surface area contributed by atoms with Crippen molar-refractivity contribution >= 4 is 21.5 Å². The lowest BCUT2D eigenvalue weighted by atomic mass is 10.5. The summed E-state index contributed by atoms with van der Waals surface area (Å²) in [6, 6.07) is 0. The van der Waals surface area contributed by atoms with Crippen LogP contribution in [0.1, 0.15) is 0 Å². The molecule has 0 aliphatic carbocycles. The number of aryl methyl sites for hydroxylation is 1. The number of nitrogens with one attached hydrogen (secondary N) is 1. The first-order valence-corrected chi connectivity index (χ1v) is 7.02. The highest BCUT2D eigenvalue weighted by Gasteiger charge is 2.23. The highest BCUT2D eigenvalue weighted by atomic mass is 32.2. The van der Waals surface area contributed by atoms with Crippen LogP contribution in [0, 0.1) is 0 Å². The van der Waals surface area contributed by atoms with E-state index in [0.29, 0.717) is 0 Å². The molecular formula is C9H18N4O4S. The monoisotopic (exact) mass is 278 g/mol. The lowest BCUT2D eigenvalue weighted by Crippen LogP contribution is -2.24. The number of methoxy groups -OCH3 is 2. The van der Waals surface area contributed by atoms with Gasteiger partial charge in [-0.25, -0.2) is 13.1 Å². The molecule has 0 saturated heterocycles. The van der Waals surface area contributed by atoms with Crippen LogP contribution in [-0.2, 0) is 26.4 Å². The molecule has 1 aromatic rings. The molecule has 0 bridgehead atoms. The number of sulfone groups is 1.